The van der Waals surface area contributed by atoms with Gasteiger partial charge in [-0.2, -0.15) is 10.5 Å². The lowest BCUT2D eigenvalue weighted by molar-refractivity contribution is 0.00439. The van der Waals surface area contributed by atoms with E-state index in [1.165, 1.54) is 0 Å². The molecule has 1 aliphatic heterocycles. The molecule has 0 N–H and O–H groups in total. The molecule has 2 aliphatic rings. The first-order chi connectivity index (χ1) is 16.1. The molecule has 2 heterocycles. The number of benzene rings is 2. The fourth-order valence-electron chi connectivity index (χ4n) is 5.05. The van der Waals surface area contributed by atoms with Gasteiger partial charge in [0.2, 0.25) is 0 Å². The Hall–Kier alpha value is -4.04. The van der Waals surface area contributed by atoms with Crippen molar-refractivity contribution in [3.8, 4) is 17.9 Å². The van der Waals surface area contributed by atoms with E-state index in [4.69, 9.17) is 14.7 Å². The zero-order valence-electron chi connectivity index (χ0n) is 18.1. The molecule has 166 valence electrons. The highest BCUT2D eigenvalue weighted by Gasteiger charge is 2.48. The van der Waals surface area contributed by atoms with Gasteiger partial charge >= 0.3 is 6.09 Å². The van der Waals surface area contributed by atoms with Crippen LogP contribution in [0, 0.1) is 28.6 Å². The number of carbonyl (C=O) groups excluding carboxylic acids is 1. The molecular weight excluding hydrogens is 418 g/mol. The molecule has 1 saturated heterocycles. The van der Waals surface area contributed by atoms with Gasteiger partial charge in [0.15, 0.2) is 6.61 Å². The highest BCUT2D eigenvalue weighted by atomic mass is 16.6. The number of hydrogen-bond donors (Lipinski definition) is 0. The number of anilines is 1. The van der Waals surface area contributed by atoms with Crippen molar-refractivity contribution in [1.29, 1.82) is 10.5 Å². The van der Waals surface area contributed by atoms with E-state index in [1.54, 1.807) is 23.1 Å². The number of carbonyl (C=O) groups is 1. The van der Waals surface area contributed by atoms with Gasteiger partial charge in [-0.05, 0) is 74.1 Å². The van der Waals surface area contributed by atoms with Gasteiger partial charge in [-0.25, -0.2) is 9.78 Å². The topological polar surface area (TPSA) is 104 Å². The third-order valence-electron chi connectivity index (χ3n) is 6.53. The third kappa shape index (κ3) is 4.08. The lowest BCUT2D eigenvalue weighted by Crippen LogP contribution is -2.40. The Labute approximate surface area is 191 Å². The minimum absolute atomic E-state index is 0.0143. The maximum absolute atomic E-state index is 12.8. The SMILES string of the molecule is N#CCOc1ccc(N2C[C@@]3(CCC[C@H](Cn4cnc5ccc(C#N)cc54)C3)OC2=O)cc1. The summed E-state index contributed by atoms with van der Waals surface area (Å²) >= 11 is 0. The van der Waals surface area contributed by atoms with Crippen molar-refractivity contribution in [3.63, 3.8) is 0 Å². The summed E-state index contributed by atoms with van der Waals surface area (Å²) in [4.78, 5) is 18.9. The molecule has 1 aliphatic carbocycles. The Bertz CT molecular complexity index is 1270. The van der Waals surface area contributed by atoms with Crippen LogP contribution >= 0.6 is 0 Å². The fraction of sp³-hybridized carbons (Fsp3) is 0.360. The van der Waals surface area contributed by atoms with Crippen molar-refractivity contribution < 1.29 is 14.3 Å². The van der Waals surface area contributed by atoms with E-state index in [0.717, 1.165) is 48.9 Å². The molecule has 3 aromatic rings. The molecule has 1 saturated carbocycles. The molecular formula is C25H23N5O3. The maximum Gasteiger partial charge on any atom is 0.415 e. The van der Waals surface area contributed by atoms with E-state index in [0.29, 0.717) is 23.8 Å². The Morgan fingerprint density at radius 1 is 1.21 bits per heavy atom. The predicted molar refractivity (Wildman–Crippen MR) is 121 cm³/mol. The molecule has 1 aromatic heterocycles. The summed E-state index contributed by atoms with van der Waals surface area (Å²) in [6.45, 7) is 1.28. The number of aromatic nitrogens is 2. The minimum atomic E-state index is -0.496. The van der Waals surface area contributed by atoms with E-state index in [9.17, 15) is 10.1 Å². The van der Waals surface area contributed by atoms with Crippen LogP contribution in [-0.2, 0) is 11.3 Å². The Morgan fingerprint density at radius 3 is 2.85 bits per heavy atom. The average Bonchev–Trinajstić information content (AvgIpc) is 3.37. The quantitative estimate of drug-likeness (QED) is 0.581. The minimum Gasteiger partial charge on any atom is -0.479 e. The molecule has 33 heavy (non-hydrogen) atoms. The number of nitrogens with zero attached hydrogens (tertiary/aromatic N) is 5. The smallest absolute Gasteiger partial charge is 0.415 e. The summed E-state index contributed by atoms with van der Waals surface area (Å²) in [6.07, 6.45) is 5.18. The van der Waals surface area contributed by atoms with E-state index in [2.05, 4.69) is 15.6 Å². The van der Waals surface area contributed by atoms with Crippen LogP contribution < -0.4 is 9.64 Å². The first-order valence-corrected chi connectivity index (χ1v) is 11.0. The fourth-order valence-corrected chi connectivity index (χ4v) is 5.05. The number of imidazole rings is 1. The molecule has 2 atom stereocenters. The van der Waals surface area contributed by atoms with Crippen LogP contribution in [0.4, 0.5) is 10.5 Å². The van der Waals surface area contributed by atoms with Gasteiger partial charge < -0.3 is 14.0 Å². The highest BCUT2D eigenvalue weighted by molar-refractivity contribution is 5.90. The number of ether oxygens (including phenoxy) is 2. The van der Waals surface area contributed by atoms with E-state index in [-0.39, 0.29) is 12.7 Å². The Kier molecular flexibility index (Phi) is 5.35. The van der Waals surface area contributed by atoms with E-state index < -0.39 is 5.60 Å². The summed E-state index contributed by atoms with van der Waals surface area (Å²) in [7, 11) is 0. The van der Waals surface area contributed by atoms with Gasteiger partial charge in [-0.3, -0.25) is 4.90 Å². The summed E-state index contributed by atoms with van der Waals surface area (Å²) in [5.41, 5.74) is 2.71. The molecule has 2 aromatic carbocycles. The molecule has 0 unspecified atom stereocenters. The normalized spacial score (nSPS) is 22.2. The monoisotopic (exact) mass is 441 g/mol. The molecule has 1 spiro atoms. The Balaban J connectivity index is 1.30. The second-order valence-corrected chi connectivity index (χ2v) is 8.75. The van der Waals surface area contributed by atoms with Crippen LogP contribution in [0.3, 0.4) is 0 Å². The van der Waals surface area contributed by atoms with E-state index >= 15 is 0 Å². The number of rotatable bonds is 5. The van der Waals surface area contributed by atoms with Gasteiger partial charge in [0.05, 0.1) is 35.5 Å². The standard InChI is InChI=1S/C25H23N5O3/c26-10-11-32-21-6-4-20(5-7-21)30-16-25(33-24(30)31)9-1-2-19(13-25)15-29-17-28-22-8-3-18(14-27)12-23(22)29/h3-8,12,17,19H,1-2,9,11,13,15-16H2/t19-,25-/m0/s1. The lowest BCUT2D eigenvalue weighted by atomic mass is 9.78. The van der Waals surface area contributed by atoms with Crippen LogP contribution in [0.1, 0.15) is 31.2 Å². The molecule has 1 amide bonds. The van der Waals surface area contributed by atoms with Crippen molar-refractivity contribution >= 4 is 22.8 Å². The summed E-state index contributed by atoms with van der Waals surface area (Å²) in [6, 6.07) is 16.8. The summed E-state index contributed by atoms with van der Waals surface area (Å²) < 4.78 is 13.4. The van der Waals surface area contributed by atoms with Crippen LogP contribution in [0.25, 0.3) is 11.0 Å². The molecule has 5 rings (SSSR count). The largest absolute Gasteiger partial charge is 0.479 e. The molecule has 8 nitrogen and oxygen atoms in total. The first-order valence-electron chi connectivity index (χ1n) is 11.0. The zero-order chi connectivity index (χ0) is 22.8. The number of hydrogen-bond acceptors (Lipinski definition) is 6. The van der Waals surface area contributed by atoms with Gasteiger partial charge in [-0.1, -0.05) is 0 Å². The Morgan fingerprint density at radius 2 is 2.06 bits per heavy atom. The van der Waals surface area contributed by atoms with Gasteiger partial charge in [0.25, 0.3) is 0 Å². The average molecular weight is 441 g/mol. The van der Waals surface area contributed by atoms with Crippen LogP contribution in [-0.4, -0.2) is 34.4 Å². The van der Waals surface area contributed by atoms with Crippen LogP contribution in [0.5, 0.6) is 5.75 Å². The van der Waals surface area contributed by atoms with Gasteiger partial charge in [0, 0.05) is 12.2 Å². The number of fused-ring (bicyclic) bond motifs is 1. The summed E-state index contributed by atoms with van der Waals surface area (Å²) in [5, 5.41) is 17.9. The van der Waals surface area contributed by atoms with Crippen LogP contribution in [0.15, 0.2) is 48.8 Å². The lowest BCUT2D eigenvalue weighted by Gasteiger charge is -2.36. The van der Waals surface area contributed by atoms with E-state index in [1.807, 2.05) is 36.7 Å². The second-order valence-electron chi connectivity index (χ2n) is 8.75. The van der Waals surface area contributed by atoms with Crippen molar-refractivity contribution in [2.24, 2.45) is 5.92 Å². The van der Waals surface area contributed by atoms with Gasteiger partial charge in [-0.15, -0.1) is 0 Å². The zero-order valence-corrected chi connectivity index (χ0v) is 18.1. The molecule has 2 fully saturated rings. The maximum atomic E-state index is 12.8. The first kappa shape index (κ1) is 20.8. The third-order valence-corrected chi connectivity index (χ3v) is 6.53. The molecule has 0 bridgehead atoms. The number of nitriles is 2. The molecule has 8 heteroatoms. The second kappa shape index (κ2) is 8.48. The van der Waals surface area contributed by atoms with Crippen LogP contribution in [0.2, 0.25) is 0 Å². The predicted octanol–water partition coefficient (Wildman–Crippen LogP) is 4.40. The summed E-state index contributed by atoms with van der Waals surface area (Å²) in [5.74, 6) is 0.934. The van der Waals surface area contributed by atoms with Crippen molar-refractivity contribution in [2.75, 3.05) is 18.1 Å². The van der Waals surface area contributed by atoms with Crippen molar-refractivity contribution in [1.82, 2.24) is 9.55 Å². The molecule has 0 radical (unpaired) electrons. The van der Waals surface area contributed by atoms with Crippen molar-refractivity contribution in [2.45, 2.75) is 37.8 Å². The van der Waals surface area contributed by atoms with Crippen molar-refractivity contribution in [3.05, 3.63) is 54.4 Å². The highest BCUT2D eigenvalue weighted by Crippen LogP contribution is 2.42. The number of amides is 1. The van der Waals surface area contributed by atoms with Gasteiger partial charge in [0.1, 0.15) is 17.4 Å².